The van der Waals surface area contributed by atoms with Crippen molar-refractivity contribution in [1.82, 2.24) is 5.32 Å². The molecule has 0 radical (unpaired) electrons. The first-order valence-corrected chi connectivity index (χ1v) is 7.77. The predicted octanol–water partition coefficient (Wildman–Crippen LogP) is 2.19. The van der Waals surface area contributed by atoms with E-state index in [4.69, 9.17) is 11.5 Å². The van der Waals surface area contributed by atoms with E-state index in [2.05, 4.69) is 15.6 Å². The molecule has 0 fully saturated rings. The fraction of sp³-hybridized carbons (Fsp3) is 0.222. The van der Waals surface area contributed by atoms with Gasteiger partial charge in [-0.2, -0.15) is 0 Å². The van der Waals surface area contributed by atoms with Crippen molar-refractivity contribution in [1.29, 1.82) is 0 Å². The highest BCUT2D eigenvalue weighted by atomic mass is 16.1. The average molecular weight is 325 g/mol. The van der Waals surface area contributed by atoms with Gasteiger partial charge in [-0.1, -0.05) is 38.1 Å². The second-order valence-electron chi connectivity index (χ2n) is 5.74. The molecule has 2 rings (SSSR count). The smallest absolute Gasteiger partial charge is 0.238 e. The van der Waals surface area contributed by atoms with E-state index >= 15 is 0 Å². The summed E-state index contributed by atoms with van der Waals surface area (Å²) in [5, 5.41) is 5.94. The first-order chi connectivity index (χ1) is 11.4. The SMILES string of the molecule is CC(C)NCC(=O)Nc1ccc(-c2ccc(N=C(N)N)cc2)cc1. The van der Waals surface area contributed by atoms with E-state index in [1.165, 1.54) is 0 Å². The minimum atomic E-state index is -0.0574. The van der Waals surface area contributed by atoms with E-state index < -0.39 is 0 Å². The first kappa shape index (κ1) is 17.5. The molecule has 1 amide bonds. The summed E-state index contributed by atoms with van der Waals surface area (Å²) in [4.78, 5) is 15.8. The van der Waals surface area contributed by atoms with E-state index in [9.17, 15) is 4.79 Å². The highest BCUT2D eigenvalue weighted by Crippen LogP contribution is 2.24. The highest BCUT2D eigenvalue weighted by molar-refractivity contribution is 5.92. The third-order valence-electron chi connectivity index (χ3n) is 3.30. The molecular weight excluding hydrogens is 302 g/mol. The lowest BCUT2D eigenvalue weighted by Crippen LogP contribution is -2.32. The lowest BCUT2D eigenvalue weighted by atomic mass is 10.1. The number of aliphatic imine (C=N–C) groups is 1. The summed E-state index contributed by atoms with van der Waals surface area (Å²) in [6.45, 7) is 4.30. The van der Waals surface area contributed by atoms with Crippen LogP contribution in [0.3, 0.4) is 0 Å². The van der Waals surface area contributed by atoms with Crippen LogP contribution in [0.4, 0.5) is 11.4 Å². The zero-order valence-corrected chi connectivity index (χ0v) is 13.9. The van der Waals surface area contributed by atoms with Crippen LogP contribution in [0.15, 0.2) is 53.5 Å². The molecule has 0 aromatic heterocycles. The molecule has 0 saturated heterocycles. The van der Waals surface area contributed by atoms with Crippen molar-refractivity contribution in [2.45, 2.75) is 19.9 Å². The molecule has 0 unspecified atom stereocenters. The van der Waals surface area contributed by atoms with Crippen LogP contribution >= 0.6 is 0 Å². The van der Waals surface area contributed by atoms with Crippen LogP contribution in [0.5, 0.6) is 0 Å². The van der Waals surface area contributed by atoms with Crippen molar-refractivity contribution in [2.24, 2.45) is 16.5 Å². The Labute approximate surface area is 142 Å². The third kappa shape index (κ3) is 5.40. The third-order valence-corrected chi connectivity index (χ3v) is 3.30. The van der Waals surface area contributed by atoms with E-state index in [1.807, 2.05) is 62.4 Å². The van der Waals surface area contributed by atoms with Gasteiger partial charge in [0, 0.05) is 11.7 Å². The normalized spacial score (nSPS) is 10.5. The number of hydrogen-bond donors (Lipinski definition) is 4. The second kappa shape index (κ2) is 8.12. The van der Waals surface area contributed by atoms with Crippen LogP contribution in [-0.4, -0.2) is 24.5 Å². The molecule has 0 aliphatic carbocycles. The van der Waals surface area contributed by atoms with Gasteiger partial charge in [-0.3, -0.25) is 4.79 Å². The Kier molecular flexibility index (Phi) is 5.92. The van der Waals surface area contributed by atoms with Crippen molar-refractivity contribution >= 4 is 23.2 Å². The Morgan fingerprint density at radius 1 is 1.00 bits per heavy atom. The van der Waals surface area contributed by atoms with Gasteiger partial charge in [0.05, 0.1) is 12.2 Å². The summed E-state index contributed by atoms with van der Waals surface area (Å²) in [6, 6.07) is 15.6. The van der Waals surface area contributed by atoms with Crippen LogP contribution in [0.25, 0.3) is 11.1 Å². The van der Waals surface area contributed by atoms with Gasteiger partial charge < -0.3 is 22.1 Å². The number of hydrogen-bond acceptors (Lipinski definition) is 3. The molecule has 2 aromatic rings. The van der Waals surface area contributed by atoms with Crippen molar-refractivity contribution in [3.05, 3.63) is 48.5 Å². The molecule has 0 bridgehead atoms. The van der Waals surface area contributed by atoms with Crippen molar-refractivity contribution in [2.75, 3.05) is 11.9 Å². The van der Waals surface area contributed by atoms with Crippen LogP contribution in [0, 0.1) is 0 Å². The van der Waals surface area contributed by atoms with Gasteiger partial charge in [0.1, 0.15) is 0 Å². The zero-order chi connectivity index (χ0) is 17.5. The van der Waals surface area contributed by atoms with E-state index in [-0.39, 0.29) is 17.9 Å². The van der Waals surface area contributed by atoms with Crippen LogP contribution in [-0.2, 0) is 4.79 Å². The number of amides is 1. The fourth-order valence-corrected chi connectivity index (χ4v) is 2.13. The number of carbonyl (C=O) groups excluding carboxylic acids is 1. The summed E-state index contributed by atoms with van der Waals surface area (Å²) in [5.41, 5.74) is 14.3. The quantitative estimate of drug-likeness (QED) is 0.482. The van der Waals surface area contributed by atoms with Gasteiger partial charge >= 0.3 is 0 Å². The minimum absolute atomic E-state index is 0.0369. The summed E-state index contributed by atoms with van der Waals surface area (Å²) in [7, 11) is 0. The maximum Gasteiger partial charge on any atom is 0.238 e. The maximum atomic E-state index is 11.8. The predicted molar refractivity (Wildman–Crippen MR) is 99.1 cm³/mol. The van der Waals surface area contributed by atoms with Gasteiger partial charge in [-0.05, 0) is 35.4 Å². The standard InChI is InChI=1S/C18H23N5O/c1-12(2)21-11-17(24)22-15-7-3-13(4-8-15)14-5-9-16(10-6-14)23-18(19)20/h3-10,12,21H,11H2,1-2H3,(H,22,24)(H4,19,20,23). The number of nitrogens with one attached hydrogen (secondary N) is 2. The van der Waals surface area contributed by atoms with Crippen LogP contribution < -0.4 is 22.1 Å². The molecule has 24 heavy (non-hydrogen) atoms. The second-order valence-corrected chi connectivity index (χ2v) is 5.74. The van der Waals surface area contributed by atoms with Crippen LogP contribution in [0.2, 0.25) is 0 Å². The monoisotopic (exact) mass is 325 g/mol. The Hall–Kier alpha value is -2.86. The first-order valence-electron chi connectivity index (χ1n) is 7.77. The lowest BCUT2D eigenvalue weighted by Gasteiger charge is -2.09. The Morgan fingerprint density at radius 2 is 1.54 bits per heavy atom. The van der Waals surface area contributed by atoms with Crippen LogP contribution in [0.1, 0.15) is 13.8 Å². The summed E-state index contributed by atoms with van der Waals surface area (Å²) >= 11 is 0. The van der Waals surface area contributed by atoms with Crippen molar-refractivity contribution in [3.63, 3.8) is 0 Å². The van der Waals surface area contributed by atoms with Gasteiger partial charge in [0.15, 0.2) is 5.96 Å². The highest BCUT2D eigenvalue weighted by Gasteiger charge is 2.04. The molecule has 0 heterocycles. The number of anilines is 1. The largest absolute Gasteiger partial charge is 0.370 e. The van der Waals surface area contributed by atoms with Gasteiger partial charge in [-0.25, -0.2) is 4.99 Å². The fourth-order valence-electron chi connectivity index (χ4n) is 2.13. The zero-order valence-electron chi connectivity index (χ0n) is 13.9. The molecular formula is C18H23N5O. The molecule has 6 heteroatoms. The Morgan fingerprint density at radius 3 is 2.04 bits per heavy atom. The molecule has 0 atom stereocenters. The van der Waals surface area contributed by atoms with Gasteiger partial charge in [0.2, 0.25) is 5.91 Å². The molecule has 2 aromatic carbocycles. The summed E-state index contributed by atoms with van der Waals surface area (Å²) < 4.78 is 0. The summed E-state index contributed by atoms with van der Waals surface area (Å²) in [5.74, 6) is -0.0205. The van der Waals surface area contributed by atoms with E-state index in [0.717, 1.165) is 16.8 Å². The molecule has 0 aliphatic heterocycles. The Bertz CT molecular complexity index is 701. The molecule has 0 aliphatic rings. The lowest BCUT2D eigenvalue weighted by molar-refractivity contribution is -0.115. The maximum absolute atomic E-state index is 11.8. The van der Waals surface area contributed by atoms with Gasteiger partial charge in [-0.15, -0.1) is 0 Å². The molecule has 6 N–H and O–H groups in total. The minimum Gasteiger partial charge on any atom is -0.370 e. The number of benzene rings is 2. The van der Waals surface area contributed by atoms with E-state index in [0.29, 0.717) is 12.2 Å². The number of rotatable bonds is 6. The van der Waals surface area contributed by atoms with Gasteiger partial charge in [0.25, 0.3) is 0 Å². The molecule has 126 valence electrons. The molecule has 0 saturated carbocycles. The number of carbonyl (C=O) groups is 1. The van der Waals surface area contributed by atoms with Crippen molar-refractivity contribution < 1.29 is 4.79 Å². The summed E-state index contributed by atoms with van der Waals surface area (Å²) in [6.07, 6.45) is 0. The topological polar surface area (TPSA) is 106 Å². The number of nitrogens with zero attached hydrogens (tertiary/aromatic N) is 1. The van der Waals surface area contributed by atoms with E-state index in [1.54, 1.807) is 0 Å². The Balaban J connectivity index is 2.01. The average Bonchev–Trinajstić information content (AvgIpc) is 2.54. The molecule has 0 spiro atoms. The number of guanidine groups is 1. The number of nitrogens with two attached hydrogens (primary N) is 2. The van der Waals surface area contributed by atoms with Crippen molar-refractivity contribution in [3.8, 4) is 11.1 Å². The molecule has 6 nitrogen and oxygen atoms in total.